The lowest BCUT2D eigenvalue weighted by Crippen LogP contribution is -3.27. The molecule has 2 aromatic rings. The first-order valence-corrected chi connectivity index (χ1v) is 10.9. The van der Waals surface area contributed by atoms with E-state index in [0.29, 0.717) is 23.6 Å². The summed E-state index contributed by atoms with van der Waals surface area (Å²) in [7, 11) is 9.46. The van der Waals surface area contributed by atoms with E-state index in [1.807, 2.05) is 20.2 Å². The highest BCUT2D eigenvalue weighted by Crippen LogP contribution is 2.28. The van der Waals surface area contributed by atoms with Gasteiger partial charge in [0.05, 0.1) is 27.8 Å². The zero-order valence-corrected chi connectivity index (χ0v) is 19.3. The Morgan fingerprint density at radius 2 is 1.58 bits per heavy atom. The molecule has 3 rings (SSSR count). The van der Waals surface area contributed by atoms with Crippen LogP contribution in [-0.4, -0.2) is 74.0 Å². The molecule has 7 heteroatoms. The molecule has 0 aromatic heterocycles. The van der Waals surface area contributed by atoms with Crippen LogP contribution in [0.3, 0.4) is 0 Å². The number of nitrogens with zero attached hydrogens (tertiary/aromatic N) is 1. The van der Waals surface area contributed by atoms with Crippen LogP contribution in [0.25, 0.3) is 0 Å². The smallest absolute Gasteiger partial charge is 0.259 e. The minimum absolute atomic E-state index is 0.177. The summed E-state index contributed by atoms with van der Waals surface area (Å²) in [6.45, 7) is 4.99. The van der Waals surface area contributed by atoms with Crippen molar-refractivity contribution in [3.05, 3.63) is 53.6 Å². The van der Waals surface area contributed by atoms with Crippen LogP contribution in [-0.2, 0) is 0 Å². The third-order valence-electron chi connectivity index (χ3n) is 6.17. The molecule has 1 saturated heterocycles. The number of quaternary nitrogens is 2. The molecule has 31 heavy (non-hydrogen) atoms. The Labute approximate surface area is 185 Å². The number of likely N-dealkylation sites (N-methyl/N-ethyl adjacent to an activating group) is 1. The summed E-state index contributed by atoms with van der Waals surface area (Å²) in [6, 6.07) is 14.2. The highest BCUT2D eigenvalue weighted by molar-refractivity contribution is 5.99. The van der Waals surface area contributed by atoms with Gasteiger partial charge in [-0.25, -0.2) is 0 Å². The third kappa shape index (κ3) is 5.48. The molecule has 1 aliphatic heterocycles. The Hall–Kier alpha value is -2.77. The van der Waals surface area contributed by atoms with Crippen molar-refractivity contribution in [1.82, 2.24) is 5.32 Å². The quantitative estimate of drug-likeness (QED) is 0.538. The summed E-state index contributed by atoms with van der Waals surface area (Å²) in [4.78, 5) is 18.3. The number of piperazine rings is 1. The normalized spacial score (nSPS) is 19.4. The van der Waals surface area contributed by atoms with Crippen molar-refractivity contribution >= 4 is 11.6 Å². The zero-order valence-electron chi connectivity index (χ0n) is 19.3. The molecule has 0 aliphatic carbocycles. The van der Waals surface area contributed by atoms with Crippen LogP contribution in [0.15, 0.2) is 42.5 Å². The average Bonchev–Trinajstić information content (AvgIpc) is 2.79. The number of carbonyl (C=O) groups excluding carboxylic acids is 1. The van der Waals surface area contributed by atoms with Gasteiger partial charge in [-0.05, 0) is 24.3 Å². The molecule has 1 heterocycles. The number of hydrogen-bond donors (Lipinski definition) is 3. The van der Waals surface area contributed by atoms with E-state index in [4.69, 9.17) is 9.47 Å². The SMILES string of the molecule is COc1cccc(OC)c1C(=O)NC[C@H](c1ccc(N(C)C)cc1)[NH+]1CC[NH+](C)CC1. The van der Waals surface area contributed by atoms with Crippen molar-refractivity contribution in [3.8, 4) is 11.5 Å². The molecule has 0 spiro atoms. The van der Waals surface area contributed by atoms with Crippen molar-refractivity contribution < 1.29 is 24.1 Å². The Balaban J connectivity index is 1.81. The van der Waals surface area contributed by atoms with Crippen LogP contribution in [0, 0.1) is 0 Å². The molecule has 0 saturated carbocycles. The second-order valence-electron chi connectivity index (χ2n) is 8.40. The molecule has 0 bridgehead atoms. The van der Waals surface area contributed by atoms with Gasteiger partial charge in [0.2, 0.25) is 0 Å². The van der Waals surface area contributed by atoms with Crippen molar-refractivity contribution in [2.24, 2.45) is 0 Å². The van der Waals surface area contributed by atoms with Crippen LogP contribution in [0.5, 0.6) is 11.5 Å². The van der Waals surface area contributed by atoms with Gasteiger partial charge < -0.3 is 29.5 Å². The topological polar surface area (TPSA) is 59.7 Å². The monoisotopic (exact) mass is 428 g/mol. The standard InChI is InChI=1S/C24H34N4O3/c1-26(2)19-11-9-18(10-12-19)20(28-15-13-27(3)14-16-28)17-25-24(29)23-21(30-4)7-6-8-22(23)31-5/h6-12,20H,13-17H2,1-5H3,(H,25,29)/p+2/t20-/m1/s1. The number of methoxy groups -OCH3 is 2. The van der Waals surface area contributed by atoms with Crippen LogP contribution < -0.4 is 29.5 Å². The number of nitrogens with one attached hydrogen (secondary N) is 3. The summed E-state index contributed by atoms with van der Waals surface area (Å²) in [5.74, 6) is 0.849. The lowest BCUT2D eigenvalue weighted by Gasteiger charge is -2.34. The molecule has 1 atom stereocenters. The maximum absolute atomic E-state index is 13.1. The van der Waals surface area contributed by atoms with E-state index >= 15 is 0 Å². The minimum atomic E-state index is -0.177. The number of ether oxygens (including phenoxy) is 2. The predicted octanol–water partition coefficient (Wildman–Crippen LogP) is -0.346. The van der Waals surface area contributed by atoms with Crippen molar-refractivity contribution in [1.29, 1.82) is 0 Å². The van der Waals surface area contributed by atoms with Gasteiger partial charge in [0, 0.05) is 25.3 Å². The summed E-state index contributed by atoms with van der Waals surface area (Å²) in [6.07, 6.45) is 0. The summed E-state index contributed by atoms with van der Waals surface area (Å²) >= 11 is 0. The summed E-state index contributed by atoms with van der Waals surface area (Å²) in [5, 5.41) is 3.16. The molecular formula is C24H36N4O3+2. The molecular weight excluding hydrogens is 392 g/mol. The van der Waals surface area contributed by atoms with E-state index in [0.717, 1.165) is 26.2 Å². The number of hydrogen-bond acceptors (Lipinski definition) is 4. The highest BCUT2D eigenvalue weighted by Gasteiger charge is 2.30. The maximum Gasteiger partial charge on any atom is 0.259 e. The molecule has 0 unspecified atom stereocenters. The number of amides is 1. The second-order valence-corrected chi connectivity index (χ2v) is 8.40. The van der Waals surface area contributed by atoms with Crippen LogP contribution in [0.1, 0.15) is 22.0 Å². The first kappa shape index (κ1) is 22.9. The first-order valence-electron chi connectivity index (χ1n) is 10.9. The number of benzene rings is 2. The molecule has 3 N–H and O–H groups in total. The summed E-state index contributed by atoms with van der Waals surface area (Å²) in [5.41, 5.74) is 2.85. The fourth-order valence-electron chi connectivity index (χ4n) is 4.21. The number of carbonyl (C=O) groups is 1. The fraction of sp³-hybridized carbons (Fsp3) is 0.458. The molecule has 168 valence electrons. The molecule has 2 aromatic carbocycles. The van der Waals surface area contributed by atoms with Crippen LogP contribution >= 0.6 is 0 Å². The Bertz CT molecular complexity index is 839. The first-order chi connectivity index (χ1) is 14.9. The van der Waals surface area contributed by atoms with Crippen molar-refractivity contribution in [2.45, 2.75) is 6.04 Å². The molecule has 7 nitrogen and oxygen atoms in total. The predicted molar refractivity (Wildman–Crippen MR) is 123 cm³/mol. The van der Waals surface area contributed by atoms with Gasteiger partial charge in [-0.3, -0.25) is 4.79 Å². The summed E-state index contributed by atoms with van der Waals surface area (Å²) < 4.78 is 10.8. The van der Waals surface area contributed by atoms with Crippen LogP contribution in [0.2, 0.25) is 0 Å². The lowest BCUT2D eigenvalue weighted by molar-refractivity contribution is -1.02. The van der Waals surface area contributed by atoms with E-state index in [9.17, 15) is 4.79 Å². The van der Waals surface area contributed by atoms with Gasteiger partial charge in [0.15, 0.2) is 0 Å². The number of anilines is 1. The van der Waals surface area contributed by atoms with Gasteiger partial charge >= 0.3 is 0 Å². The number of rotatable bonds is 8. The van der Waals surface area contributed by atoms with E-state index in [2.05, 4.69) is 41.5 Å². The second kappa shape index (κ2) is 10.5. The van der Waals surface area contributed by atoms with E-state index < -0.39 is 0 Å². The Morgan fingerprint density at radius 1 is 1.00 bits per heavy atom. The zero-order chi connectivity index (χ0) is 22.4. The lowest BCUT2D eigenvalue weighted by atomic mass is 10.0. The van der Waals surface area contributed by atoms with Crippen molar-refractivity contribution in [2.75, 3.05) is 73.0 Å². The fourth-order valence-corrected chi connectivity index (χ4v) is 4.21. The van der Waals surface area contributed by atoms with E-state index in [1.165, 1.54) is 16.2 Å². The molecule has 1 amide bonds. The van der Waals surface area contributed by atoms with E-state index in [1.54, 1.807) is 31.3 Å². The van der Waals surface area contributed by atoms with Crippen LogP contribution in [0.4, 0.5) is 5.69 Å². The Kier molecular flexibility index (Phi) is 7.76. The third-order valence-corrected chi connectivity index (χ3v) is 6.17. The van der Waals surface area contributed by atoms with Gasteiger partial charge in [-0.2, -0.15) is 0 Å². The Morgan fingerprint density at radius 3 is 2.10 bits per heavy atom. The average molecular weight is 429 g/mol. The van der Waals surface area contributed by atoms with E-state index in [-0.39, 0.29) is 11.9 Å². The van der Waals surface area contributed by atoms with Gasteiger partial charge in [-0.1, -0.05) is 18.2 Å². The molecule has 1 aliphatic rings. The molecule has 1 fully saturated rings. The van der Waals surface area contributed by atoms with Gasteiger partial charge in [0.1, 0.15) is 49.3 Å². The van der Waals surface area contributed by atoms with Crippen molar-refractivity contribution in [3.63, 3.8) is 0 Å². The van der Waals surface area contributed by atoms with Gasteiger partial charge in [0.25, 0.3) is 5.91 Å². The largest absolute Gasteiger partial charge is 0.496 e. The van der Waals surface area contributed by atoms with Gasteiger partial charge in [-0.15, -0.1) is 0 Å². The highest BCUT2D eigenvalue weighted by atomic mass is 16.5. The molecule has 0 radical (unpaired) electrons. The maximum atomic E-state index is 13.1. The minimum Gasteiger partial charge on any atom is -0.496 e.